The molecule has 5 nitrogen and oxygen atoms in total. The Morgan fingerprint density at radius 3 is 3.11 bits per heavy atom. The molecule has 0 saturated carbocycles. The maximum Gasteiger partial charge on any atom is 0.310 e. The summed E-state index contributed by atoms with van der Waals surface area (Å²) in [5, 5.41) is 4.17. The van der Waals surface area contributed by atoms with E-state index in [1.54, 1.807) is 0 Å². The van der Waals surface area contributed by atoms with Crippen LogP contribution in [0, 0.1) is 5.92 Å². The Hall–Kier alpha value is -1.36. The Kier molecular flexibility index (Phi) is 4.96. The molecular formula is C14H23N3O2. The van der Waals surface area contributed by atoms with E-state index < -0.39 is 0 Å². The first-order valence-corrected chi connectivity index (χ1v) is 7.05. The van der Waals surface area contributed by atoms with Crippen molar-refractivity contribution in [2.45, 2.75) is 26.2 Å². The van der Waals surface area contributed by atoms with Crippen LogP contribution < -0.4 is 0 Å². The van der Waals surface area contributed by atoms with Crippen LogP contribution in [0.5, 0.6) is 0 Å². The van der Waals surface area contributed by atoms with Crippen molar-refractivity contribution in [3.63, 3.8) is 0 Å². The van der Waals surface area contributed by atoms with Crippen LogP contribution in [-0.4, -0.2) is 46.9 Å². The normalized spacial score (nSPS) is 20.4. The van der Waals surface area contributed by atoms with Crippen LogP contribution in [0.2, 0.25) is 0 Å². The molecule has 106 valence electrons. The Labute approximate surface area is 114 Å². The van der Waals surface area contributed by atoms with Crippen molar-refractivity contribution in [1.82, 2.24) is 14.7 Å². The minimum atomic E-state index is -0.0337. The number of ether oxygens (including phenoxy) is 1. The lowest BCUT2D eigenvalue weighted by Crippen LogP contribution is -2.40. The van der Waals surface area contributed by atoms with Gasteiger partial charge in [-0.2, -0.15) is 5.10 Å². The fourth-order valence-electron chi connectivity index (χ4n) is 2.60. The third kappa shape index (κ3) is 4.06. The maximum absolute atomic E-state index is 11.8. The minimum Gasteiger partial charge on any atom is -0.466 e. The highest BCUT2D eigenvalue weighted by molar-refractivity contribution is 5.72. The van der Waals surface area contributed by atoms with Gasteiger partial charge in [-0.3, -0.25) is 9.48 Å². The summed E-state index contributed by atoms with van der Waals surface area (Å²) in [7, 11) is 1.93. The topological polar surface area (TPSA) is 47.4 Å². The molecule has 1 aliphatic rings. The fourth-order valence-corrected chi connectivity index (χ4v) is 2.60. The van der Waals surface area contributed by atoms with Crippen LogP contribution in [0.15, 0.2) is 12.4 Å². The van der Waals surface area contributed by atoms with Gasteiger partial charge in [-0.1, -0.05) is 0 Å². The maximum atomic E-state index is 11.8. The number of carbonyl (C=O) groups excluding carboxylic acids is 1. The third-order valence-electron chi connectivity index (χ3n) is 3.60. The molecule has 0 N–H and O–H groups in total. The van der Waals surface area contributed by atoms with Crippen LogP contribution in [0.1, 0.15) is 25.3 Å². The number of piperidine rings is 1. The Morgan fingerprint density at radius 1 is 1.58 bits per heavy atom. The Morgan fingerprint density at radius 2 is 2.42 bits per heavy atom. The van der Waals surface area contributed by atoms with Gasteiger partial charge in [0.15, 0.2) is 0 Å². The predicted molar refractivity (Wildman–Crippen MR) is 72.7 cm³/mol. The lowest BCUT2D eigenvalue weighted by molar-refractivity contribution is -0.149. The molecule has 1 atom stereocenters. The highest BCUT2D eigenvalue weighted by Crippen LogP contribution is 2.18. The van der Waals surface area contributed by atoms with Gasteiger partial charge >= 0.3 is 5.97 Å². The smallest absolute Gasteiger partial charge is 0.310 e. The summed E-state index contributed by atoms with van der Waals surface area (Å²) in [6.07, 6.45) is 6.99. The molecule has 0 unspecified atom stereocenters. The molecule has 0 aliphatic carbocycles. The van der Waals surface area contributed by atoms with Gasteiger partial charge in [0.1, 0.15) is 0 Å². The number of rotatable bonds is 5. The van der Waals surface area contributed by atoms with Gasteiger partial charge in [-0.15, -0.1) is 0 Å². The number of aryl methyl sites for hydroxylation is 1. The van der Waals surface area contributed by atoms with E-state index in [1.165, 1.54) is 5.56 Å². The molecular weight excluding hydrogens is 242 g/mol. The summed E-state index contributed by atoms with van der Waals surface area (Å²) in [4.78, 5) is 14.1. The van der Waals surface area contributed by atoms with Gasteiger partial charge in [0.25, 0.3) is 0 Å². The van der Waals surface area contributed by atoms with Gasteiger partial charge in [0.05, 0.1) is 18.7 Å². The summed E-state index contributed by atoms with van der Waals surface area (Å²) in [6.45, 7) is 5.24. The van der Waals surface area contributed by atoms with E-state index in [0.717, 1.165) is 38.9 Å². The van der Waals surface area contributed by atoms with E-state index >= 15 is 0 Å². The molecule has 0 amide bonds. The molecule has 0 bridgehead atoms. The molecule has 0 radical (unpaired) electrons. The monoisotopic (exact) mass is 265 g/mol. The predicted octanol–water partition coefficient (Wildman–Crippen LogP) is 1.24. The standard InChI is InChI=1S/C14H23N3O2/c1-3-19-14(18)13-5-4-7-17(11-13)8-6-12-9-15-16(2)10-12/h9-10,13H,3-8,11H2,1-2H3/t13-/m1/s1. The van der Waals surface area contributed by atoms with E-state index in [2.05, 4.69) is 10.00 Å². The molecule has 1 fully saturated rings. The van der Waals surface area contributed by atoms with Gasteiger partial charge < -0.3 is 9.64 Å². The zero-order chi connectivity index (χ0) is 13.7. The summed E-state index contributed by atoms with van der Waals surface area (Å²) in [6, 6.07) is 0. The summed E-state index contributed by atoms with van der Waals surface area (Å²) < 4.78 is 6.94. The van der Waals surface area contributed by atoms with Crippen molar-refractivity contribution in [3.8, 4) is 0 Å². The van der Waals surface area contributed by atoms with E-state index in [0.29, 0.717) is 6.61 Å². The first kappa shape index (κ1) is 14.1. The summed E-state index contributed by atoms with van der Waals surface area (Å²) in [5.74, 6) is 0.0242. The number of carbonyl (C=O) groups is 1. The van der Waals surface area contributed by atoms with Crippen LogP contribution in [-0.2, 0) is 23.0 Å². The van der Waals surface area contributed by atoms with Crippen molar-refractivity contribution in [2.75, 3.05) is 26.2 Å². The first-order valence-electron chi connectivity index (χ1n) is 7.05. The number of likely N-dealkylation sites (tertiary alicyclic amines) is 1. The SMILES string of the molecule is CCOC(=O)[C@@H]1CCCN(CCc2cnn(C)c2)C1. The van der Waals surface area contributed by atoms with Gasteiger partial charge in [0.2, 0.25) is 0 Å². The third-order valence-corrected chi connectivity index (χ3v) is 3.60. The Balaban J connectivity index is 1.79. The number of aromatic nitrogens is 2. The molecule has 0 spiro atoms. The van der Waals surface area contributed by atoms with Crippen molar-refractivity contribution in [1.29, 1.82) is 0 Å². The van der Waals surface area contributed by atoms with Crippen LogP contribution in [0.4, 0.5) is 0 Å². The number of hydrogen-bond acceptors (Lipinski definition) is 4. The molecule has 5 heteroatoms. The van der Waals surface area contributed by atoms with E-state index in [4.69, 9.17) is 4.74 Å². The van der Waals surface area contributed by atoms with Gasteiger partial charge in [-0.05, 0) is 38.3 Å². The lowest BCUT2D eigenvalue weighted by atomic mass is 9.98. The molecule has 1 aromatic rings. The largest absolute Gasteiger partial charge is 0.466 e. The summed E-state index contributed by atoms with van der Waals surface area (Å²) >= 11 is 0. The first-order chi connectivity index (χ1) is 9.19. The zero-order valence-corrected chi connectivity index (χ0v) is 11.8. The molecule has 1 aromatic heterocycles. The molecule has 2 rings (SSSR count). The lowest BCUT2D eigenvalue weighted by Gasteiger charge is -2.31. The molecule has 1 saturated heterocycles. The quantitative estimate of drug-likeness (QED) is 0.752. The fraction of sp³-hybridized carbons (Fsp3) is 0.714. The highest BCUT2D eigenvalue weighted by atomic mass is 16.5. The van der Waals surface area contributed by atoms with Crippen molar-refractivity contribution < 1.29 is 9.53 Å². The molecule has 1 aliphatic heterocycles. The number of esters is 1. The van der Waals surface area contributed by atoms with Crippen molar-refractivity contribution in [2.24, 2.45) is 13.0 Å². The second-order valence-corrected chi connectivity index (χ2v) is 5.16. The van der Waals surface area contributed by atoms with Crippen LogP contribution in [0.25, 0.3) is 0 Å². The molecule has 0 aromatic carbocycles. The van der Waals surface area contributed by atoms with E-state index in [1.807, 2.05) is 31.0 Å². The minimum absolute atomic E-state index is 0.0337. The van der Waals surface area contributed by atoms with Gasteiger partial charge in [0, 0.05) is 26.3 Å². The van der Waals surface area contributed by atoms with Gasteiger partial charge in [-0.25, -0.2) is 0 Å². The van der Waals surface area contributed by atoms with Crippen LogP contribution >= 0.6 is 0 Å². The van der Waals surface area contributed by atoms with Crippen LogP contribution in [0.3, 0.4) is 0 Å². The second-order valence-electron chi connectivity index (χ2n) is 5.16. The van der Waals surface area contributed by atoms with E-state index in [-0.39, 0.29) is 11.9 Å². The highest BCUT2D eigenvalue weighted by Gasteiger charge is 2.26. The van der Waals surface area contributed by atoms with E-state index in [9.17, 15) is 4.79 Å². The average Bonchev–Trinajstić information content (AvgIpc) is 2.83. The average molecular weight is 265 g/mol. The Bertz CT molecular complexity index is 417. The summed E-state index contributed by atoms with van der Waals surface area (Å²) in [5.41, 5.74) is 1.25. The second kappa shape index (κ2) is 6.70. The van der Waals surface area contributed by atoms with Crippen molar-refractivity contribution >= 4 is 5.97 Å². The number of hydrogen-bond donors (Lipinski definition) is 0. The molecule has 2 heterocycles. The molecule has 19 heavy (non-hydrogen) atoms. The van der Waals surface area contributed by atoms with Crippen molar-refractivity contribution in [3.05, 3.63) is 18.0 Å². The number of nitrogens with zero attached hydrogens (tertiary/aromatic N) is 3. The zero-order valence-electron chi connectivity index (χ0n) is 11.8.